The van der Waals surface area contributed by atoms with E-state index < -0.39 is 25.1 Å². The van der Waals surface area contributed by atoms with Crippen LogP contribution >= 0.6 is 25.1 Å². The Balaban J connectivity index is 1.47. The zero-order valence-corrected chi connectivity index (χ0v) is 27.7. The summed E-state index contributed by atoms with van der Waals surface area (Å²) in [6.07, 6.45) is 0. The number of para-hydroxylation sites is 6. The maximum absolute atomic E-state index is 6.62. The zero-order chi connectivity index (χ0) is 31.9. The first kappa shape index (κ1) is 32.0. The SMILES string of the molecule is c1ccc(ON(P(N=[P+](Oc2ccccc2)Oc2ccccc2)Oc2ccccc2)P(Oc2ccccc2)Oc2ccccc2)cc1. The summed E-state index contributed by atoms with van der Waals surface area (Å²) < 4.78 is 39.0. The van der Waals surface area contributed by atoms with E-state index in [-0.39, 0.29) is 0 Å². The fraction of sp³-hybridized carbons (Fsp3) is 0. The molecular weight excluding hydrogens is 649 g/mol. The first-order valence-electron chi connectivity index (χ1n) is 14.6. The Labute approximate surface area is 277 Å². The molecule has 0 saturated heterocycles. The average molecular weight is 680 g/mol. The summed E-state index contributed by atoms with van der Waals surface area (Å²) in [6.45, 7) is 0. The maximum atomic E-state index is 6.62. The highest BCUT2D eigenvalue weighted by atomic mass is 31.2. The van der Waals surface area contributed by atoms with Gasteiger partial charge in [0.25, 0.3) is 0 Å². The van der Waals surface area contributed by atoms with Crippen LogP contribution in [0.2, 0.25) is 0 Å². The highest BCUT2D eigenvalue weighted by Gasteiger charge is 2.43. The second-order valence-electron chi connectivity index (χ2n) is 9.50. The van der Waals surface area contributed by atoms with E-state index in [0.717, 1.165) is 0 Å². The van der Waals surface area contributed by atoms with Crippen molar-refractivity contribution in [3.05, 3.63) is 182 Å². The Bertz CT molecular complexity index is 1710. The largest absolute Gasteiger partial charge is 0.676 e. The lowest BCUT2D eigenvalue weighted by Crippen LogP contribution is -2.23. The molecule has 0 bridgehead atoms. The molecule has 0 aliphatic heterocycles. The highest BCUT2D eigenvalue weighted by molar-refractivity contribution is 7.65. The van der Waals surface area contributed by atoms with Gasteiger partial charge in [-0.15, -0.1) is 0 Å². The van der Waals surface area contributed by atoms with Crippen molar-refractivity contribution in [1.82, 2.24) is 4.60 Å². The second kappa shape index (κ2) is 17.1. The van der Waals surface area contributed by atoms with E-state index in [0.29, 0.717) is 34.5 Å². The van der Waals surface area contributed by atoms with Gasteiger partial charge in [-0.2, -0.15) is 0 Å². The van der Waals surface area contributed by atoms with Gasteiger partial charge in [-0.3, -0.25) is 0 Å². The van der Waals surface area contributed by atoms with E-state index in [1.165, 1.54) is 4.60 Å². The summed E-state index contributed by atoms with van der Waals surface area (Å²) in [6, 6.07) is 56.3. The minimum atomic E-state index is -2.09. The van der Waals surface area contributed by atoms with Crippen LogP contribution < -0.4 is 27.5 Å². The van der Waals surface area contributed by atoms with Crippen molar-refractivity contribution in [2.45, 2.75) is 0 Å². The molecule has 0 radical (unpaired) electrons. The maximum Gasteiger partial charge on any atom is 0.676 e. The zero-order valence-electron chi connectivity index (χ0n) is 25.0. The quantitative estimate of drug-likeness (QED) is 0.0790. The Hall–Kier alpha value is -4.96. The van der Waals surface area contributed by atoms with Gasteiger partial charge in [0.2, 0.25) is 0 Å². The van der Waals surface area contributed by atoms with Crippen molar-refractivity contribution in [3.8, 4) is 34.5 Å². The van der Waals surface area contributed by atoms with E-state index in [9.17, 15) is 0 Å². The first-order chi connectivity index (χ1) is 23.3. The number of nitrogens with zero attached hydrogens (tertiary/aromatic N) is 2. The van der Waals surface area contributed by atoms with Crippen LogP contribution in [0.4, 0.5) is 0 Å². The summed E-state index contributed by atoms with van der Waals surface area (Å²) >= 11 is 0. The molecule has 0 saturated carbocycles. The Morgan fingerprint density at radius 1 is 0.383 bits per heavy atom. The van der Waals surface area contributed by atoms with Crippen molar-refractivity contribution >= 4 is 25.1 Å². The first-order valence-corrected chi connectivity index (χ1v) is 18.0. The minimum absolute atomic E-state index is 0.532. The molecule has 6 aromatic carbocycles. The lowest BCUT2D eigenvalue weighted by molar-refractivity contribution is 0.109. The van der Waals surface area contributed by atoms with E-state index in [1.54, 1.807) is 0 Å². The summed E-state index contributed by atoms with van der Waals surface area (Å²) in [4.78, 5) is 6.58. The van der Waals surface area contributed by atoms with Gasteiger partial charge in [0.05, 0.1) is 4.52 Å². The van der Waals surface area contributed by atoms with Crippen molar-refractivity contribution in [1.29, 1.82) is 0 Å². The van der Waals surface area contributed by atoms with Crippen LogP contribution in [0.5, 0.6) is 34.5 Å². The van der Waals surface area contributed by atoms with Gasteiger partial charge in [-0.05, 0) is 72.8 Å². The molecule has 8 nitrogen and oxygen atoms in total. The molecule has 0 heterocycles. The molecule has 47 heavy (non-hydrogen) atoms. The van der Waals surface area contributed by atoms with Crippen molar-refractivity contribution in [2.75, 3.05) is 0 Å². The smallest absolute Gasteiger partial charge is 0.435 e. The van der Waals surface area contributed by atoms with Crippen molar-refractivity contribution < 1.29 is 27.5 Å². The average Bonchev–Trinajstić information content (AvgIpc) is 3.13. The predicted octanol–water partition coefficient (Wildman–Crippen LogP) is 11.6. The summed E-state index contributed by atoms with van der Waals surface area (Å²) in [5.41, 5.74) is 0. The van der Waals surface area contributed by atoms with Gasteiger partial charge in [-0.1, -0.05) is 109 Å². The molecule has 1 unspecified atom stereocenters. The van der Waals surface area contributed by atoms with Crippen LogP contribution in [0.1, 0.15) is 0 Å². The second-order valence-corrected chi connectivity index (χ2v) is 13.6. The van der Waals surface area contributed by atoms with Crippen LogP contribution in [0.15, 0.2) is 187 Å². The molecule has 0 amide bonds. The van der Waals surface area contributed by atoms with Crippen molar-refractivity contribution in [3.63, 3.8) is 0 Å². The number of hydrogen-bond acceptors (Lipinski definition) is 8. The van der Waals surface area contributed by atoms with Gasteiger partial charge in [0.1, 0.15) is 23.0 Å². The molecular formula is C36H30N2O6P3+. The summed E-state index contributed by atoms with van der Waals surface area (Å²) in [5.74, 6) is 3.43. The van der Waals surface area contributed by atoms with E-state index in [1.807, 2.05) is 182 Å². The Morgan fingerprint density at radius 3 is 1.09 bits per heavy atom. The molecule has 0 spiro atoms. The van der Waals surface area contributed by atoms with Crippen LogP contribution in [-0.2, 0) is 0 Å². The molecule has 0 aliphatic rings. The number of benzene rings is 6. The molecule has 6 rings (SSSR count). The minimum Gasteiger partial charge on any atom is -0.435 e. The normalized spacial score (nSPS) is 11.3. The third-order valence-corrected chi connectivity index (χ3v) is 10.7. The fourth-order valence-electron chi connectivity index (χ4n) is 3.86. The van der Waals surface area contributed by atoms with E-state index in [4.69, 9.17) is 32.0 Å². The lowest BCUT2D eigenvalue weighted by Gasteiger charge is -2.29. The molecule has 11 heteroatoms. The van der Waals surface area contributed by atoms with E-state index >= 15 is 0 Å². The standard InChI is InChI=1S/C36H30N2O6P3/c1-7-19-31(20-8-1)39-38(47(43-35-27-15-5-16-28-35)44-36-29-17-6-18-30-36)45(40-32-21-9-2-10-22-32)37-46(41-33-23-11-3-12-24-33)42-34-25-13-4-14-26-34/h1-30H/q+1. The van der Waals surface area contributed by atoms with Crippen LogP contribution in [0.3, 0.4) is 0 Å². The summed E-state index contributed by atoms with van der Waals surface area (Å²) in [5, 5.41) is 0. The molecule has 0 fully saturated rings. The number of rotatable bonds is 15. The van der Waals surface area contributed by atoms with E-state index in [2.05, 4.69) is 0 Å². The number of hydrogen-bond donors (Lipinski definition) is 0. The Morgan fingerprint density at radius 2 is 0.702 bits per heavy atom. The molecule has 6 aromatic rings. The molecule has 1 atom stereocenters. The molecule has 0 N–H and O–H groups in total. The monoisotopic (exact) mass is 679 g/mol. The van der Waals surface area contributed by atoms with Crippen LogP contribution in [0.25, 0.3) is 0 Å². The van der Waals surface area contributed by atoms with Gasteiger partial charge in [-0.25, -0.2) is 9.05 Å². The van der Waals surface area contributed by atoms with Crippen LogP contribution in [0, 0.1) is 0 Å². The van der Waals surface area contributed by atoms with Gasteiger partial charge in [0.15, 0.2) is 11.5 Å². The third-order valence-electron chi connectivity index (χ3n) is 6.00. The molecule has 0 aromatic heterocycles. The fourth-order valence-corrected chi connectivity index (χ4v) is 8.35. The van der Waals surface area contributed by atoms with Gasteiger partial charge in [0, 0.05) is 4.60 Å². The van der Waals surface area contributed by atoms with Crippen LogP contribution in [-0.4, -0.2) is 4.60 Å². The Kier molecular flexibility index (Phi) is 11.6. The topological polar surface area (TPSA) is 71.0 Å². The van der Waals surface area contributed by atoms with Gasteiger partial charge >= 0.3 is 25.1 Å². The lowest BCUT2D eigenvalue weighted by atomic mass is 10.3. The third kappa shape index (κ3) is 10.0. The van der Waals surface area contributed by atoms with Gasteiger partial charge < -0.3 is 18.4 Å². The van der Waals surface area contributed by atoms with Crippen molar-refractivity contribution in [2.24, 2.45) is 4.52 Å². The molecule has 234 valence electrons. The highest BCUT2D eigenvalue weighted by Crippen LogP contribution is 2.61. The predicted molar refractivity (Wildman–Crippen MR) is 187 cm³/mol. The summed E-state index contributed by atoms with van der Waals surface area (Å²) in [7, 11) is -6.15. The molecule has 0 aliphatic carbocycles.